The number of hydrogen-bond acceptors (Lipinski definition) is 6. The van der Waals surface area contributed by atoms with Crippen LogP contribution in [0, 0.1) is 0 Å². The number of phenols is 4. The fraction of sp³-hybridized carbons (Fsp3) is 0.200. The van der Waals surface area contributed by atoms with Gasteiger partial charge in [0.1, 0.15) is 23.4 Å². The lowest BCUT2D eigenvalue weighted by molar-refractivity contribution is 0.0197. The van der Waals surface area contributed by atoms with Crippen LogP contribution >= 0.6 is 0 Å². The Morgan fingerprint density at radius 1 is 1.00 bits per heavy atom. The molecule has 1 aliphatic rings. The topological polar surface area (TPSA) is 110 Å². The minimum absolute atomic E-state index is 0.115. The van der Waals surface area contributed by atoms with Gasteiger partial charge in [-0.15, -0.1) is 0 Å². The third-order valence-corrected chi connectivity index (χ3v) is 3.23. The van der Waals surface area contributed by atoms with Crippen LogP contribution in [0.15, 0.2) is 30.3 Å². The Hall–Kier alpha value is -2.60. The maximum absolute atomic E-state index is 10.3. The van der Waals surface area contributed by atoms with Crippen LogP contribution in [0.2, 0.25) is 0 Å². The molecule has 2 aromatic rings. The van der Waals surface area contributed by atoms with E-state index in [4.69, 9.17) is 7.48 Å². The average molecular weight is 292 g/mol. The number of aliphatic hydroxyl groups excluding tert-OH is 1. The SMILES string of the molecule is [2H]C1([2H])c2c(O)cc(O)cc2O[C@H](c2ccc(O)c(O)c2)[C@@H]1O. The van der Waals surface area contributed by atoms with Gasteiger partial charge >= 0.3 is 0 Å². The first kappa shape index (κ1) is 11.1. The van der Waals surface area contributed by atoms with Gasteiger partial charge in [0.2, 0.25) is 0 Å². The number of phenolic OH excluding ortho intramolecular Hbond substituents is 4. The molecule has 1 heterocycles. The quantitative estimate of drug-likeness (QED) is 0.510. The third-order valence-electron chi connectivity index (χ3n) is 3.23. The summed E-state index contributed by atoms with van der Waals surface area (Å²) in [7, 11) is 0. The molecule has 0 saturated carbocycles. The Morgan fingerprint density at radius 2 is 1.76 bits per heavy atom. The molecule has 5 N–H and O–H groups in total. The number of aliphatic hydroxyl groups is 1. The third kappa shape index (κ3) is 2.30. The molecule has 0 amide bonds. The first-order chi connectivity index (χ1) is 10.7. The highest BCUT2D eigenvalue weighted by Gasteiger charge is 2.32. The van der Waals surface area contributed by atoms with Crippen LogP contribution in [0.3, 0.4) is 0 Å². The van der Waals surface area contributed by atoms with E-state index in [0.717, 1.165) is 18.2 Å². The first-order valence-electron chi connectivity index (χ1n) is 7.15. The largest absolute Gasteiger partial charge is 0.508 e. The summed E-state index contributed by atoms with van der Waals surface area (Å²) in [6, 6.07) is 5.79. The lowest BCUT2D eigenvalue weighted by atomic mass is 9.94. The monoisotopic (exact) mass is 292 g/mol. The molecule has 0 aliphatic carbocycles. The zero-order valence-corrected chi connectivity index (χ0v) is 10.7. The van der Waals surface area contributed by atoms with E-state index in [0.29, 0.717) is 0 Å². The van der Waals surface area contributed by atoms with Crippen molar-refractivity contribution in [3.05, 3.63) is 41.5 Å². The highest BCUT2D eigenvalue weighted by Crippen LogP contribution is 2.42. The van der Waals surface area contributed by atoms with Gasteiger partial charge in [0.25, 0.3) is 0 Å². The number of fused-ring (bicyclic) bond motifs is 1. The van der Waals surface area contributed by atoms with Crippen LogP contribution in [-0.4, -0.2) is 31.6 Å². The van der Waals surface area contributed by atoms with Gasteiger partial charge < -0.3 is 30.3 Å². The predicted molar refractivity (Wildman–Crippen MR) is 72.6 cm³/mol. The van der Waals surface area contributed by atoms with Crippen molar-refractivity contribution < 1.29 is 33.0 Å². The highest BCUT2D eigenvalue weighted by molar-refractivity contribution is 5.52. The van der Waals surface area contributed by atoms with E-state index in [1.807, 2.05) is 0 Å². The number of rotatable bonds is 1. The van der Waals surface area contributed by atoms with Crippen LogP contribution in [0.5, 0.6) is 28.7 Å². The van der Waals surface area contributed by atoms with Crippen LogP contribution in [0.1, 0.15) is 20.0 Å². The zero-order chi connectivity index (χ0) is 16.9. The molecule has 110 valence electrons. The molecule has 21 heavy (non-hydrogen) atoms. The smallest absolute Gasteiger partial charge is 0.157 e. The van der Waals surface area contributed by atoms with Gasteiger partial charge in [-0.05, 0) is 17.7 Å². The first-order valence-corrected chi connectivity index (χ1v) is 6.15. The molecular weight excluding hydrogens is 276 g/mol. The van der Waals surface area contributed by atoms with Crippen molar-refractivity contribution >= 4 is 0 Å². The summed E-state index contributed by atoms with van der Waals surface area (Å²) in [6.07, 6.45) is -5.25. The second kappa shape index (κ2) is 4.75. The molecule has 0 bridgehead atoms. The molecule has 0 unspecified atom stereocenters. The van der Waals surface area contributed by atoms with Gasteiger partial charge in [-0.2, -0.15) is 0 Å². The van der Waals surface area contributed by atoms with Gasteiger partial charge in [0.05, 0.1) is 6.10 Å². The van der Waals surface area contributed by atoms with E-state index < -0.39 is 30.1 Å². The maximum atomic E-state index is 10.3. The Labute approximate surface area is 122 Å². The summed E-state index contributed by atoms with van der Waals surface area (Å²) < 4.78 is 21.7. The number of benzene rings is 2. The molecular formula is C15H14O6. The Morgan fingerprint density at radius 3 is 2.48 bits per heavy atom. The summed E-state index contributed by atoms with van der Waals surface area (Å²) in [5, 5.41) is 48.7. The lowest BCUT2D eigenvalue weighted by Crippen LogP contribution is -2.30. The van der Waals surface area contributed by atoms with Crippen molar-refractivity contribution in [1.29, 1.82) is 0 Å². The van der Waals surface area contributed by atoms with Gasteiger partial charge in [-0.3, -0.25) is 0 Å². The predicted octanol–water partition coefficient (Wildman–Crippen LogP) is 1.55. The second-order valence-electron chi connectivity index (χ2n) is 4.71. The van der Waals surface area contributed by atoms with Crippen molar-refractivity contribution in [3.63, 3.8) is 0 Å². The van der Waals surface area contributed by atoms with E-state index in [9.17, 15) is 25.5 Å². The van der Waals surface area contributed by atoms with Crippen LogP contribution in [-0.2, 0) is 6.37 Å². The highest BCUT2D eigenvalue weighted by atomic mass is 16.5. The Kier molecular flexibility index (Phi) is 2.51. The van der Waals surface area contributed by atoms with Crippen molar-refractivity contribution in [1.82, 2.24) is 0 Å². The van der Waals surface area contributed by atoms with Crippen LogP contribution in [0.25, 0.3) is 0 Å². The summed E-state index contributed by atoms with van der Waals surface area (Å²) in [4.78, 5) is 0. The summed E-state index contributed by atoms with van der Waals surface area (Å²) in [6.45, 7) is 0. The second-order valence-corrected chi connectivity index (χ2v) is 4.71. The van der Waals surface area contributed by atoms with Crippen molar-refractivity contribution in [2.45, 2.75) is 18.6 Å². The summed E-state index contributed by atoms with van der Waals surface area (Å²) >= 11 is 0. The standard InChI is InChI=1S/C15H14O6/c16-8-4-11(18)9-6-13(20)15(21-14(9)5-8)7-1-2-10(17)12(19)3-7/h1-5,13,15-20H,6H2/t13-,15-/m1/s1/i6D2. The van der Waals surface area contributed by atoms with Crippen molar-refractivity contribution in [3.8, 4) is 28.7 Å². The zero-order valence-electron chi connectivity index (χ0n) is 12.7. The Balaban J connectivity index is 2.13. The van der Waals surface area contributed by atoms with E-state index >= 15 is 0 Å². The maximum Gasteiger partial charge on any atom is 0.157 e. The molecule has 2 atom stereocenters. The number of aromatic hydroxyl groups is 4. The van der Waals surface area contributed by atoms with Gasteiger partial charge in [0.15, 0.2) is 11.5 Å². The van der Waals surface area contributed by atoms with Crippen LogP contribution in [0.4, 0.5) is 0 Å². The molecule has 2 aromatic carbocycles. The minimum Gasteiger partial charge on any atom is -0.508 e. The number of hydrogen-bond donors (Lipinski definition) is 5. The average Bonchev–Trinajstić information content (AvgIpc) is 2.45. The van der Waals surface area contributed by atoms with E-state index in [1.54, 1.807) is 0 Å². The molecule has 0 fully saturated rings. The van der Waals surface area contributed by atoms with E-state index in [1.165, 1.54) is 12.1 Å². The minimum atomic E-state index is -2.36. The summed E-state index contributed by atoms with van der Waals surface area (Å²) in [5.41, 5.74) is -0.0350. The Bertz CT molecular complexity index is 777. The van der Waals surface area contributed by atoms with Gasteiger partial charge in [0, 0.05) is 26.8 Å². The molecule has 0 saturated heterocycles. The van der Waals surface area contributed by atoms with Crippen molar-refractivity contribution in [2.75, 3.05) is 0 Å². The molecule has 0 aromatic heterocycles. The van der Waals surface area contributed by atoms with E-state index in [2.05, 4.69) is 0 Å². The van der Waals surface area contributed by atoms with Gasteiger partial charge in [-0.1, -0.05) is 6.07 Å². The molecule has 1 aliphatic heterocycles. The fourth-order valence-corrected chi connectivity index (χ4v) is 2.22. The summed E-state index contributed by atoms with van der Waals surface area (Å²) in [5.74, 6) is -1.77. The van der Waals surface area contributed by atoms with Gasteiger partial charge in [-0.25, -0.2) is 0 Å². The van der Waals surface area contributed by atoms with Crippen molar-refractivity contribution in [2.24, 2.45) is 0 Å². The fourth-order valence-electron chi connectivity index (χ4n) is 2.22. The normalized spacial score (nSPS) is 24.4. The lowest BCUT2D eigenvalue weighted by Gasteiger charge is -2.31. The molecule has 3 rings (SSSR count). The molecule has 0 radical (unpaired) electrons. The molecule has 6 heteroatoms. The number of ether oxygens (including phenoxy) is 1. The van der Waals surface area contributed by atoms with Crippen LogP contribution < -0.4 is 4.74 Å². The van der Waals surface area contributed by atoms with E-state index in [-0.39, 0.29) is 28.4 Å². The molecule has 6 nitrogen and oxygen atoms in total. The molecule has 0 spiro atoms.